The Balaban J connectivity index is 2.38. The first-order valence-corrected chi connectivity index (χ1v) is 8.68. The van der Waals surface area contributed by atoms with Gasteiger partial charge < -0.3 is 0 Å². The molecule has 21 heavy (non-hydrogen) atoms. The van der Waals surface area contributed by atoms with Gasteiger partial charge in [0, 0.05) is 5.56 Å². The molecule has 0 saturated heterocycles. The third-order valence-corrected chi connectivity index (χ3v) is 4.75. The van der Waals surface area contributed by atoms with E-state index in [4.69, 9.17) is 0 Å². The van der Waals surface area contributed by atoms with E-state index < -0.39 is 10.0 Å². The number of Topliss-reactive ketones (excluding diaryl/α,β-unsaturated/α-hetero) is 1. The Morgan fingerprint density at radius 1 is 1.29 bits per heavy atom. The molecule has 1 aromatic carbocycles. The summed E-state index contributed by atoms with van der Waals surface area (Å²) < 4.78 is 27.6. The van der Waals surface area contributed by atoms with Crippen LogP contribution in [0.2, 0.25) is 0 Å². The van der Waals surface area contributed by atoms with Gasteiger partial charge in [-0.25, -0.2) is 18.4 Å². The number of benzene rings is 1. The van der Waals surface area contributed by atoms with Crippen molar-refractivity contribution in [2.75, 3.05) is 4.72 Å². The molecule has 0 atom stereocenters. The normalized spacial score (nSPS) is 11.2. The fourth-order valence-electron chi connectivity index (χ4n) is 1.48. The number of ketones is 1. The van der Waals surface area contributed by atoms with E-state index in [2.05, 4.69) is 46.5 Å². The van der Waals surface area contributed by atoms with Crippen LogP contribution in [0.15, 0.2) is 44.6 Å². The first-order valence-electron chi connectivity index (χ1n) is 5.61. The molecule has 0 radical (unpaired) electrons. The van der Waals surface area contributed by atoms with Crippen LogP contribution in [0.5, 0.6) is 0 Å². The van der Waals surface area contributed by atoms with E-state index in [-0.39, 0.29) is 21.1 Å². The van der Waals surface area contributed by atoms with E-state index in [9.17, 15) is 13.2 Å². The second-order valence-electron chi connectivity index (χ2n) is 4.02. The standard InChI is InChI=1S/C12H9Br2N3O3S/c1-7(18)8-3-2-4-9(5-8)21(19,20)17-12-11(14)16-10(13)6-15-12/h2-6H,1H3,(H,15,17). The molecule has 0 aliphatic heterocycles. The molecule has 0 spiro atoms. The van der Waals surface area contributed by atoms with Crippen molar-refractivity contribution >= 4 is 53.5 Å². The maximum absolute atomic E-state index is 12.3. The van der Waals surface area contributed by atoms with Crippen LogP contribution in [-0.4, -0.2) is 24.2 Å². The highest BCUT2D eigenvalue weighted by molar-refractivity contribution is 9.11. The fourth-order valence-corrected chi connectivity index (χ4v) is 3.59. The highest BCUT2D eigenvalue weighted by Gasteiger charge is 2.18. The van der Waals surface area contributed by atoms with Crippen LogP contribution in [-0.2, 0) is 10.0 Å². The lowest BCUT2D eigenvalue weighted by atomic mass is 10.2. The predicted molar refractivity (Wildman–Crippen MR) is 84.7 cm³/mol. The molecular weight excluding hydrogens is 426 g/mol. The minimum atomic E-state index is -3.85. The maximum atomic E-state index is 12.3. The summed E-state index contributed by atoms with van der Waals surface area (Å²) >= 11 is 6.25. The zero-order valence-electron chi connectivity index (χ0n) is 10.7. The predicted octanol–water partition coefficient (Wildman–Crippen LogP) is 3.01. The lowest BCUT2D eigenvalue weighted by Gasteiger charge is -2.09. The Bertz CT molecular complexity index is 809. The number of hydrogen-bond acceptors (Lipinski definition) is 5. The van der Waals surface area contributed by atoms with Gasteiger partial charge in [-0.1, -0.05) is 12.1 Å². The molecule has 0 amide bonds. The van der Waals surface area contributed by atoms with Crippen molar-refractivity contribution in [3.8, 4) is 0 Å². The number of sulfonamides is 1. The molecule has 0 fully saturated rings. The van der Waals surface area contributed by atoms with Crippen molar-refractivity contribution in [2.24, 2.45) is 0 Å². The van der Waals surface area contributed by atoms with Crippen molar-refractivity contribution in [2.45, 2.75) is 11.8 Å². The molecule has 1 N–H and O–H groups in total. The van der Waals surface area contributed by atoms with Gasteiger partial charge in [-0.2, -0.15) is 0 Å². The monoisotopic (exact) mass is 433 g/mol. The fraction of sp³-hybridized carbons (Fsp3) is 0.0833. The van der Waals surface area contributed by atoms with Gasteiger partial charge in [0.1, 0.15) is 4.60 Å². The average Bonchev–Trinajstić information content (AvgIpc) is 2.42. The van der Waals surface area contributed by atoms with Gasteiger partial charge >= 0.3 is 0 Å². The van der Waals surface area contributed by atoms with Gasteiger partial charge in [0.15, 0.2) is 16.2 Å². The molecule has 0 aliphatic carbocycles. The minimum Gasteiger partial charge on any atom is -0.295 e. The lowest BCUT2D eigenvalue weighted by molar-refractivity contribution is 0.101. The number of carbonyl (C=O) groups is 1. The Hall–Kier alpha value is -1.32. The highest BCUT2D eigenvalue weighted by Crippen LogP contribution is 2.23. The Morgan fingerprint density at radius 2 is 2.00 bits per heavy atom. The van der Waals surface area contributed by atoms with E-state index in [0.29, 0.717) is 10.2 Å². The van der Waals surface area contributed by atoms with E-state index in [1.165, 1.54) is 31.3 Å². The largest absolute Gasteiger partial charge is 0.295 e. The molecule has 0 unspecified atom stereocenters. The van der Waals surface area contributed by atoms with Crippen LogP contribution in [0.3, 0.4) is 0 Å². The molecule has 0 bridgehead atoms. The second kappa shape index (κ2) is 6.20. The first kappa shape index (κ1) is 16.1. The zero-order valence-corrected chi connectivity index (χ0v) is 14.7. The van der Waals surface area contributed by atoms with E-state index in [1.807, 2.05) is 0 Å². The highest BCUT2D eigenvalue weighted by atomic mass is 79.9. The summed E-state index contributed by atoms with van der Waals surface area (Å²) in [5.41, 5.74) is 0.318. The van der Waals surface area contributed by atoms with Gasteiger partial charge in [0.2, 0.25) is 0 Å². The number of aromatic nitrogens is 2. The summed E-state index contributed by atoms with van der Waals surface area (Å²) in [6, 6.07) is 5.77. The minimum absolute atomic E-state index is 0.0215. The number of nitrogens with one attached hydrogen (secondary N) is 1. The number of carbonyl (C=O) groups excluding carboxylic acids is 1. The van der Waals surface area contributed by atoms with Gasteiger partial charge in [0.25, 0.3) is 10.0 Å². The van der Waals surface area contributed by atoms with Gasteiger partial charge in [-0.3, -0.25) is 9.52 Å². The average molecular weight is 435 g/mol. The Morgan fingerprint density at radius 3 is 2.62 bits per heavy atom. The summed E-state index contributed by atoms with van der Waals surface area (Å²) in [5.74, 6) is -0.150. The quantitative estimate of drug-likeness (QED) is 0.747. The van der Waals surface area contributed by atoms with Crippen LogP contribution >= 0.6 is 31.9 Å². The first-order chi connectivity index (χ1) is 9.79. The van der Waals surface area contributed by atoms with Gasteiger partial charge in [-0.05, 0) is 50.9 Å². The van der Waals surface area contributed by atoms with Crippen molar-refractivity contribution in [3.05, 3.63) is 45.2 Å². The Labute approximate surface area is 138 Å². The van der Waals surface area contributed by atoms with Crippen molar-refractivity contribution in [1.29, 1.82) is 0 Å². The SMILES string of the molecule is CC(=O)c1cccc(S(=O)(=O)Nc2ncc(Br)nc2Br)c1. The molecule has 2 aromatic rings. The van der Waals surface area contributed by atoms with Crippen LogP contribution in [0.25, 0.3) is 0 Å². The molecular formula is C12H9Br2N3O3S. The van der Waals surface area contributed by atoms with Crippen molar-refractivity contribution in [1.82, 2.24) is 9.97 Å². The molecule has 110 valence electrons. The van der Waals surface area contributed by atoms with E-state index >= 15 is 0 Å². The molecule has 1 aromatic heterocycles. The third-order valence-electron chi connectivity index (χ3n) is 2.48. The molecule has 0 saturated carbocycles. The summed E-state index contributed by atoms with van der Waals surface area (Å²) in [5, 5.41) is 0. The molecule has 0 aliphatic rings. The van der Waals surface area contributed by atoms with Crippen molar-refractivity contribution < 1.29 is 13.2 Å². The summed E-state index contributed by atoms with van der Waals surface area (Å²) in [4.78, 5) is 19.2. The van der Waals surface area contributed by atoms with Crippen LogP contribution < -0.4 is 4.72 Å². The summed E-state index contributed by atoms with van der Waals surface area (Å²) in [6.45, 7) is 1.37. The second-order valence-corrected chi connectivity index (χ2v) is 7.27. The number of anilines is 1. The van der Waals surface area contributed by atoms with Crippen molar-refractivity contribution in [3.63, 3.8) is 0 Å². The summed E-state index contributed by atoms with van der Waals surface area (Å²) in [7, 11) is -3.85. The maximum Gasteiger partial charge on any atom is 0.263 e. The molecule has 6 nitrogen and oxygen atoms in total. The third kappa shape index (κ3) is 3.86. The lowest BCUT2D eigenvalue weighted by Crippen LogP contribution is -2.15. The summed E-state index contributed by atoms with van der Waals surface area (Å²) in [6.07, 6.45) is 1.37. The topological polar surface area (TPSA) is 89.0 Å². The molecule has 2 rings (SSSR count). The smallest absolute Gasteiger partial charge is 0.263 e. The number of halogens is 2. The van der Waals surface area contributed by atoms with Gasteiger partial charge in [0.05, 0.1) is 11.1 Å². The van der Waals surface area contributed by atoms with Gasteiger partial charge in [-0.15, -0.1) is 0 Å². The Kier molecular flexibility index (Phi) is 4.74. The van der Waals surface area contributed by atoms with Crippen LogP contribution in [0.1, 0.15) is 17.3 Å². The molecule has 1 heterocycles. The number of hydrogen-bond donors (Lipinski definition) is 1. The van der Waals surface area contributed by atoms with Crippen LogP contribution in [0.4, 0.5) is 5.82 Å². The molecule has 9 heteroatoms. The van der Waals surface area contributed by atoms with Crippen LogP contribution in [0, 0.1) is 0 Å². The number of nitrogens with zero attached hydrogens (tertiary/aromatic N) is 2. The number of rotatable bonds is 4. The van der Waals surface area contributed by atoms with E-state index in [0.717, 1.165) is 0 Å². The van der Waals surface area contributed by atoms with E-state index in [1.54, 1.807) is 6.07 Å². The zero-order chi connectivity index (χ0) is 15.6.